The van der Waals surface area contributed by atoms with Crippen molar-refractivity contribution in [3.63, 3.8) is 0 Å². The van der Waals surface area contributed by atoms with Crippen LogP contribution in [-0.4, -0.2) is 31.4 Å². The second kappa shape index (κ2) is 8.31. The molecule has 1 aliphatic heterocycles. The Kier molecular flexibility index (Phi) is 5.23. The lowest BCUT2D eigenvalue weighted by molar-refractivity contribution is -0.113. The summed E-state index contributed by atoms with van der Waals surface area (Å²) < 4.78 is 7.86. The fraction of sp³-hybridized carbons (Fsp3) is 0.273. The lowest BCUT2D eigenvalue weighted by Crippen LogP contribution is -2.14. The average Bonchev–Trinajstić information content (AvgIpc) is 3.29. The van der Waals surface area contributed by atoms with E-state index in [2.05, 4.69) is 25.1 Å². The predicted octanol–water partition coefficient (Wildman–Crippen LogP) is 4.54. The molecule has 0 atom stereocenters. The Morgan fingerprint density at radius 3 is 2.97 bits per heavy atom. The Bertz CT molecular complexity index is 1170. The zero-order valence-corrected chi connectivity index (χ0v) is 17.2. The Morgan fingerprint density at radius 1 is 1.10 bits per heavy atom. The van der Waals surface area contributed by atoms with Gasteiger partial charge in [-0.1, -0.05) is 42.4 Å². The summed E-state index contributed by atoms with van der Waals surface area (Å²) in [4.78, 5) is 16.8. The first kappa shape index (κ1) is 18.9. The molecule has 7 nitrogen and oxygen atoms in total. The van der Waals surface area contributed by atoms with Crippen LogP contribution < -0.4 is 5.32 Å². The summed E-state index contributed by atoms with van der Waals surface area (Å²) in [6.45, 7) is 0.940. The molecule has 0 unspecified atom stereocenters. The highest BCUT2D eigenvalue weighted by Crippen LogP contribution is 2.26. The highest BCUT2D eigenvalue weighted by Gasteiger charge is 2.16. The summed E-state index contributed by atoms with van der Waals surface area (Å²) in [5.41, 5.74) is 3.21. The molecule has 0 saturated heterocycles. The van der Waals surface area contributed by atoms with Crippen LogP contribution in [0.3, 0.4) is 0 Å². The van der Waals surface area contributed by atoms with E-state index in [-0.39, 0.29) is 11.7 Å². The van der Waals surface area contributed by atoms with Crippen LogP contribution in [0.1, 0.15) is 25.1 Å². The van der Waals surface area contributed by atoms with Crippen molar-refractivity contribution in [2.45, 2.75) is 37.5 Å². The largest absolute Gasteiger partial charge is 0.431 e. The van der Waals surface area contributed by atoms with Crippen molar-refractivity contribution in [3.8, 4) is 11.4 Å². The number of hydrogen-bond acceptors (Lipinski definition) is 6. The van der Waals surface area contributed by atoms with Crippen LogP contribution in [0.25, 0.3) is 22.5 Å². The zero-order valence-electron chi connectivity index (χ0n) is 16.4. The lowest BCUT2D eigenvalue weighted by Gasteiger charge is -2.09. The number of amides is 1. The smallest absolute Gasteiger partial charge is 0.257 e. The first-order chi connectivity index (χ1) is 14.8. The van der Waals surface area contributed by atoms with Gasteiger partial charge in [0.05, 0.1) is 5.75 Å². The van der Waals surface area contributed by atoms with Gasteiger partial charge in [0.1, 0.15) is 11.3 Å². The SMILES string of the molecule is O=C(CSc1nc2ccccc2o1)Nc1cccc(-c2nnc3n2CCCCC3)c1. The molecule has 5 rings (SSSR count). The van der Waals surface area contributed by atoms with Gasteiger partial charge in [-0.25, -0.2) is 4.98 Å². The second-order valence-electron chi connectivity index (χ2n) is 7.27. The normalized spacial score (nSPS) is 13.7. The van der Waals surface area contributed by atoms with E-state index in [0.717, 1.165) is 59.8 Å². The van der Waals surface area contributed by atoms with Gasteiger partial charge in [0, 0.05) is 24.2 Å². The van der Waals surface area contributed by atoms with Gasteiger partial charge in [-0.2, -0.15) is 0 Å². The number of rotatable bonds is 5. The summed E-state index contributed by atoms with van der Waals surface area (Å²) in [6.07, 6.45) is 4.49. The Morgan fingerprint density at radius 2 is 2.03 bits per heavy atom. The van der Waals surface area contributed by atoms with Crippen LogP contribution in [0, 0.1) is 0 Å². The van der Waals surface area contributed by atoms with Gasteiger partial charge in [0.2, 0.25) is 5.91 Å². The third kappa shape index (κ3) is 3.95. The number of aromatic nitrogens is 4. The number of para-hydroxylation sites is 2. The number of nitrogens with one attached hydrogen (secondary N) is 1. The Hall–Kier alpha value is -3.13. The molecular formula is C22H21N5O2S. The van der Waals surface area contributed by atoms with Crippen LogP contribution in [0.2, 0.25) is 0 Å². The third-order valence-corrected chi connectivity index (χ3v) is 5.94. The van der Waals surface area contributed by atoms with Gasteiger partial charge < -0.3 is 14.3 Å². The van der Waals surface area contributed by atoms with E-state index in [4.69, 9.17) is 4.42 Å². The van der Waals surface area contributed by atoms with E-state index in [1.807, 2.05) is 48.5 Å². The van der Waals surface area contributed by atoms with Crippen LogP contribution >= 0.6 is 11.8 Å². The highest BCUT2D eigenvalue weighted by molar-refractivity contribution is 7.99. The van der Waals surface area contributed by atoms with Crippen molar-refractivity contribution < 1.29 is 9.21 Å². The summed E-state index contributed by atoms with van der Waals surface area (Å²) in [7, 11) is 0. The number of fused-ring (bicyclic) bond motifs is 2. The molecule has 0 spiro atoms. The molecule has 1 amide bonds. The number of benzene rings is 2. The molecule has 1 aliphatic rings. The zero-order chi connectivity index (χ0) is 20.3. The number of carbonyl (C=O) groups excluding carboxylic acids is 1. The predicted molar refractivity (Wildman–Crippen MR) is 116 cm³/mol. The number of thioether (sulfide) groups is 1. The molecule has 0 aliphatic carbocycles. The number of hydrogen-bond donors (Lipinski definition) is 1. The number of nitrogens with zero attached hydrogens (tertiary/aromatic N) is 4. The maximum absolute atomic E-state index is 12.4. The van der Waals surface area contributed by atoms with Crippen molar-refractivity contribution in [2.24, 2.45) is 0 Å². The molecule has 0 radical (unpaired) electrons. The minimum atomic E-state index is -0.112. The summed E-state index contributed by atoms with van der Waals surface area (Å²) >= 11 is 1.28. The maximum atomic E-state index is 12.4. The molecule has 152 valence electrons. The minimum Gasteiger partial charge on any atom is -0.431 e. The number of aryl methyl sites for hydroxylation is 1. The van der Waals surface area contributed by atoms with E-state index in [1.165, 1.54) is 18.2 Å². The first-order valence-electron chi connectivity index (χ1n) is 10.1. The summed E-state index contributed by atoms with van der Waals surface area (Å²) in [6, 6.07) is 15.3. The van der Waals surface area contributed by atoms with E-state index in [0.29, 0.717) is 5.22 Å². The van der Waals surface area contributed by atoms with Crippen LogP contribution in [0.15, 0.2) is 58.2 Å². The Balaban J connectivity index is 1.26. The van der Waals surface area contributed by atoms with Crippen molar-refractivity contribution in [2.75, 3.05) is 11.1 Å². The fourth-order valence-corrected chi connectivity index (χ4v) is 4.31. The van der Waals surface area contributed by atoms with Crippen LogP contribution in [-0.2, 0) is 17.8 Å². The van der Waals surface area contributed by atoms with E-state index >= 15 is 0 Å². The van der Waals surface area contributed by atoms with Crippen molar-refractivity contribution in [1.29, 1.82) is 0 Å². The summed E-state index contributed by atoms with van der Waals surface area (Å²) in [5, 5.41) is 12.2. The van der Waals surface area contributed by atoms with E-state index < -0.39 is 0 Å². The molecule has 2 aromatic heterocycles. The molecule has 8 heteroatoms. The van der Waals surface area contributed by atoms with Crippen LogP contribution in [0.5, 0.6) is 0 Å². The second-order valence-corrected chi connectivity index (χ2v) is 8.19. The number of oxazole rings is 1. The molecule has 2 aromatic carbocycles. The molecule has 0 bridgehead atoms. The van der Waals surface area contributed by atoms with E-state index in [1.54, 1.807) is 0 Å². The molecule has 30 heavy (non-hydrogen) atoms. The van der Waals surface area contributed by atoms with Gasteiger partial charge in [-0.3, -0.25) is 4.79 Å². The fourth-order valence-electron chi connectivity index (χ4n) is 3.67. The van der Waals surface area contributed by atoms with Gasteiger partial charge in [-0.05, 0) is 37.1 Å². The third-order valence-electron chi connectivity index (χ3n) is 5.12. The molecular weight excluding hydrogens is 398 g/mol. The van der Waals surface area contributed by atoms with Crippen molar-refractivity contribution in [1.82, 2.24) is 19.7 Å². The minimum absolute atomic E-state index is 0.112. The van der Waals surface area contributed by atoms with Crippen molar-refractivity contribution in [3.05, 3.63) is 54.4 Å². The van der Waals surface area contributed by atoms with Gasteiger partial charge in [0.15, 0.2) is 11.4 Å². The summed E-state index contributed by atoms with van der Waals surface area (Å²) in [5.74, 6) is 2.02. The molecule has 4 aromatic rings. The standard InChI is InChI=1S/C22H21N5O2S/c28-20(14-30-22-24-17-9-3-4-10-18(17)29-22)23-16-8-6-7-15(13-16)21-26-25-19-11-2-1-5-12-27(19)21/h3-4,6-10,13H,1-2,5,11-12,14H2,(H,23,28). The quantitative estimate of drug-likeness (QED) is 0.478. The number of anilines is 1. The molecule has 0 saturated carbocycles. The van der Waals surface area contributed by atoms with E-state index in [9.17, 15) is 4.79 Å². The lowest BCUT2D eigenvalue weighted by atomic mass is 10.2. The number of carbonyl (C=O) groups is 1. The van der Waals surface area contributed by atoms with Crippen molar-refractivity contribution >= 4 is 34.5 Å². The molecule has 0 fully saturated rings. The van der Waals surface area contributed by atoms with Gasteiger partial charge >= 0.3 is 0 Å². The average molecular weight is 420 g/mol. The topological polar surface area (TPSA) is 85.8 Å². The molecule has 3 heterocycles. The maximum Gasteiger partial charge on any atom is 0.257 e. The van der Waals surface area contributed by atoms with Crippen LogP contribution in [0.4, 0.5) is 5.69 Å². The first-order valence-corrected chi connectivity index (χ1v) is 11.1. The highest BCUT2D eigenvalue weighted by atomic mass is 32.2. The molecule has 1 N–H and O–H groups in total. The Labute approximate surface area is 177 Å². The van der Waals surface area contributed by atoms with Gasteiger partial charge in [0.25, 0.3) is 5.22 Å². The van der Waals surface area contributed by atoms with Gasteiger partial charge in [-0.15, -0.1) is 10.2 Å². The monoisotopic (exact) mass is 419 g/mol.